The van der Waals surface area contributed by atoms with Gasteiger partial charge in [-0.05, 0) is 31.5 Å². The van der Waals surface area contributed by atoms with Gasteiger partial charge in [0.05, 0.1) is 0 Å². The molecule has 2 heterocycles. The third kappa shape index (κ3) is 3.39. The highest BCUT2D eigenvalue weighted by molar-refractivity contribution is 7.99. The SMILES string of the molecule is Nc1ccc(SCC2CCCCN2)cn1. The number of nitrogen functional groups attached to an aromatic ring is 1. The third-order valence-corrected chi connectivity index (χ3v) is 3.77. The van der Waals surface area contributed by atoms with E-state index in [4.69, 9.17) is 5.73 Å². The van der Waals surface area contributed by atoms with Crippen LogP contribution in [0.15, 0.2) is 23.2 Å². The zero-order valence-electron chi connectivity index (χ0n) is 8.78. The largest absolute Gasteiger partial charge is 0.384 e. The highest BCUT2D eigenvalue weighted by atomic mass is 32.2. The Balaban J connectivity index is 1.79. The van der Waals surface area contributed by atoms with Gasteiger partial charge in [-0.1, -0.05) is 6.42 Å². The van der Waals surface area contributed by atoms with E-state index in [0.717, 1.165) is 5.75 Å². The number of nitrogens with zero attached hydrogens (tertiary/aromatic N) is 1. The first-order valence-corrected chi connectivity index (χ1v) is 6.41. The summed E-state index contributed by atoms with van der Waals surface area (Å²) < 4.78 is 0. The van der Waals surface area contributed by atoms with Crippen LogP contribution >= 0.6 is 11.8 Å². The summed E-state index contributed by atoms with van der Waals surface area (Å²) in [6.45, 7) is 1.17. The van der Waals surface area contributed by atoms with Gasteiger partial charge in [0.1, 0.15) is 5.82 Å². The number of rotatable bonds is 3. The summed E-state index contributed by atoms with van der Waals surface area (Å²) >= 11 is 1.86. The van der Waals surface area contributed by atoms with Crippen molar-refractivity contribution in [2.45, 2.75) is 30.2 Å². The van der Waals surface area contributed by atoms with Crippen LogP contribution in [0.2, 0.25) is 0 Å². The van der Waals surface area contributed by atoms with Gasteiger partial charge in [-0.3, -0.25) is 0 Å². The molecule has 0 bridgehead atoms. The quantitative estimate of drug-likeness (QED) is 0.768. The van der Waals surface area contributed by atoms with Crippen molar-refractivity contribution in [2.24, 2.45) is 0 Å². The minimum Gasteiger partial charge on any atom is -0.384 e. The van der Waals surface area contributed by atoms with Crippen LogP contribution in [0.25, 0.3) is 0 Å². The summed E-state index contributed by atoms with van der Waals surface area (Å²) in [5.41, 5.74) is 5.53. The first-order valence-electron chi connectivity index (χ1n) is 5.42. The van der Waals surface area contributed by atoms with Gasteiger partial charge < -0.3 is 11.1 Å². The molecule has 0 radical (unpaired) electrons. The maximum Gasteiger partial charge on any atom is 0.123 e. The van der Waals surface area contributed by atoms with Crippen molar-refractivity contribution in [1.29, 1.82) is 0 Å². The Hall–Kier alpha value is -0.740. The molecule has 0 amide bonds. The number of hydrogen-bond acceptors (Lipinski definition) is 4. The molecule has 15 heavy (non-hydrogen) atoms. The van der Waals surface area contributed by atoms with Crippen molar-refractivity contribution in [3.8, 4) is 0 Å². The highest BCUT2D eigenvalue weighted by Crippen LogP contribution is 2.20. The van der Waals surface area contributed by atoms with Crippen molar-refractivity contribution in [1.82, 2.24) is 10.3 Å². The third-order valence-electron chi connectivity index (χ3n) is 2.62. The van der Waals surface area contributed by atoms with E-state index in [1.54, 1.807) is 0 Å². The minimum atomic E-state index is 0.593. The molecule has 1 aromatic rings. The average molecular weight is 223 g/mol. The normalized spacial score (nSPS) is 21.5. The predicted octanol–water partition coefficient (Wildman–Crippen LogP) is 1.90. The van der Waals surface area contributed by atoms with Crippen LogP contribution in [0.4, 0.5) is 5.82 Å². The number of thioether (sulfide) groups is 1. The standard InChI is InChI=1S/C11H17N3S/c12-11-5-4-10(7-14-11)15-8-9-3-1-2-6-13-9/h4-5,7,9,13H,1-3,6,8H2,(H2,12,14). The van der Waals surface area contributed by atoms with Crippen LogP contribution in [0.5, 0.6) is 0 Å². The molecule has 0 aromatic carbocycles. The fourth-order valence-corrected chi connectivity index (χ4v) is 2.71. The van der Waals surface area contributed by atoms with Gasteiger partial charge in [-0.25, -0.2) is 4.98 Å². The van der Waals surface area contributed by atoms with Gasteiger partial charge >= 0.3 is 0 Å². The topological polar surface area (TPSA) is 50.9 Å². The summed E-state index contributed by atoms with van der Waals surface area (Å²) in [6, 6.07) is 4.56. The van der Waals surface area contributed by atoms with Crippen LogP contribution in [0.1, 0.15) is 19.3 Å². The number of nitrogens with one attached hydrogen (secondary N) is 1. The molecule has 1 unspecified atom stereocenters. The van der Waals surface area contributed by atoms with Crippen LogP contribution in [-0.2, 0) is 0 Å². The molecule has 1 saturated heterocycles. The second kappa shape index (κ2) is 5.37. The van der Waals surface area contributed by atoms with Crippen LogP contribution in [-0.4, -0.2) is 23.3 Å². The number of anilines is 1. The van der Waals surface area contributed by atoms with Crippen LogP contribution in [0.3, 0.4) is 0 Å². The van der Waals surface area contributed by atoms with Gasteiger partial charge in [-0.2, -0.15) is 0 Å². The monoisotopic (exact) mass is 223 g/mol. The molecular weight excluding hydrogens is 206 g/mol. The lowest BCUT2D eigenvalue weighted by Gasteiger charge is -2.22. The van der Waals surface area contributed by atoms with Gasteiger partial charge in [0, 0.05) is 22.9 Å². The van der Waals surface area contributed by atoms with E-state index in [1.807, 2.05) is 30.1 Å². The lowest BCUT2D eigenvalue weighted by Crippen LogP contribution is -2.35. The van der Waals surface area contributed by atoms with Crippen LogP contribution in [0, 0.1) is 0 Å². The maximum absolute atomic E-state index is 5.53. The Morgan fingerprint density at radius 1 is 1.47 bits per heavy atom. The molecule has 2 rings (SSSR count). The first kappa shape index (κ1) is 10.8. The Labute approximate surface area is 94.8 Å². The van der Waals surface area contributed by atoms with Gasteiger partial charge in [0.2, 0.25) is 0 Å². The van der Waals surface area contributed by atoms with Crippen molar-refractivity contribution >= 4 is 17.6 Å². The second-order valence-corrected chi connectivity index (χ2v) is 4.97. The van der Waals surface area contributed by atoms with E-state index in [9.17, 15) is 0 Å². The molecule has 1 atom stereocenters. The van der Waals surface area contributed by atoms with E-state index in [-0.39, 0.29) is 0 Å². The maximum atomic E-state index is 5.53. The molecule has 1 aromatic heterocycles. The number of aromatic nitrogens is 1. The molecule has 4 heteroatoms. The fraction of sp³-hybridized carbons (Fsp3) is 0.545. The summed E-state index contributed by atoms with van der Waals surface area (Å²) in [7, 11) is 0. The molecular formula is C11H17N3S. The molecule has 82 valence electrons. The molecule has 0 spiro atoms. The van der Waals surface area contributed by atoms with Crippen molar-refractivity contribution in [3.63, 3.8) is 0 Å². The summed E-state index contributed by atoms with van der Waals surface area (Å²) in [4.78, 5) is 5.28. The van der Waals surface area contributed by atoms with E-state index in [2.05, 4.69) is 10.3 Å². The van der Waals surface area contributed by atoms with Gasteiger partial charge in [-0.15, -0.1) is 11.8 Å². The number of hydrogen-bond donors (Lipinski definition) is 2. The van der Waals surface area contributed by atoms with Crippen molar-refractivity contribution < 1.29 is 0 Å². The molecule has 0 saturated carbocycles. The van der Waals surface area contributed by atoms with E-state index >= 15 is 0 Å². The van der Waals surface area contributed by atoms with E-state index < -0.39 is 0 Å². The van der Waals surface area contributed by atoms with Crippen molar-refractivity contribution in [2.75, 3.05) is 18.0 Å². The summed E-state index contributed by atoms with van der Waals surface area (Å²) in [6.07, 6.45) is 5.83. The second-order valence-electron chi connectivity index (χ2n) is 3.88. The molecule has 1 fully saturated rings. The predicted molar refractivity (Wildman–Crippen MR) is 65.0 cm³/mol. The van der Waals surface area contributed by atoms with Crippen LogP contribution < -0.4 is 11.1 Å². The molecule has 1 aliphatic heterocycles. The fourth-order valence-electron chi connectivity index (χ4n) is 1.74. The van der Waals surface area contributed by atoms with Gasteiger partial charge in [0.15, 0.2) is 0 Å². The zero-order chi connectivity index (χ0) is 10.5. The van der Waals surface area contributed by atoms with E-state index in [1.165, 1.54) is 30.7 Å². The Morgan fingerprint density at radius 2 is 2.40 bits per heavy atom. The summed E-state index contributed by atoms with van der Waals surface area (Å²) in [5.74, 6) is 1.72. The average Bonchev–Trinajstić information content (AvgIpc) is 2.30. The Morgan fingerprint density at radius 3 is 3.07 bits per heavy atom. The van der Waals surface area contributed by atoms with Crippen molar-refractivity contribution in [3.05, 3.63) is 18.3 Å². The number of nitrogens with two attached hydrogens (primary N) is 1. The molecule has 0 aliphatic carbocycles. The highest BCUT2D eigenvalue weighted by Gasteiger charge is 2.12. The van der Waals surface area contributed by atoms with Gasteiger partial charge in [0.25, 0.3) is 0 Å². The molecule has 3 N–H and O–H groups in total. The minimum absolute atomic E-state index is 0.593. The lowest BCUT2D eigenvalue weighted by molar-refractivity contribution is 0.430. The Kier molecular flexibility index (Phi) is 3.86. The smallest absolute Gasteiger partial charge is 0.123 e. The first-order chi connectivity index (χ1) is 7.34. The number of pyridine rings is 1. The molecule has 3 nitrogen and oxygen atoms in total. The molecule has 1 aliphatic rings. The zero-order valence-corrected chi connectivity index (χ0v) is 9.59. The Bertz CT molecular complexity index is 293. The van der Waals surface area contributed by atoms with E-state index in [0.29, 0.717) is 11.9 Å². The lowest BCUT2D eigenvalue weighted by atomic mass is 10.1. The summed E-state index contributed by atoms with van der Waals surface area (Å²) in [5, 5.41) is 3.53. The number of piperidine rings is 1.